The van der Waals surface area contributed by atoms with Crippen LogP contribution < -0.4 is 10.6 Å². The molecule has 0 aromatic carbocycles. The van der Waals surface area contributed by atoms with Crippen molar-refractivity contribution in [1.29, 1.82) is 0 Å². The summed E-state index contributed by atoms with van der Waals surface area (Å²) in [6.45, 7) is 6.61. The molecule has 0 radical (unpaired) electrons. The van der Waals surface area contributed by atoms with Gasteiger partial charge >= 0.3 is 0 Å². The van der Waals surface area contributed by atoms with Gasteiger partial charge in [0.15, 0.2) is 0 Å². The van der Waals surface area contributed by atoms with Crippen LogP contribution in [0.1, 0.15) is 39.2 Å². The molecule has 1 aliphatic rings. The summed E-state index contributed by atoms with van der Waals surface area (Å²) in [4.78, 5) is 0. The highest BCUT2D eigenvalue weighted by Crippen LogP contribution is 2.19. The molecule has 4 nitrogen and oxygen atoms in total. The molecule has 4 heteroatoms. The summed E-state index contributed by atoms with van der Waals surface area (Å²) >= 11 is 0. The summed E-state index contributed by atoms with van der Waals surface area (Å²) < 4.78 is 2.12. The van der Waals surface area contributed by atoms with Crippen molar-refractivity contribution in [3.8, 4) is 0 Å². The minimum absolute atomic E-state index is 0.519. The second kappa shape index (κ2) is 5.34. The maximum absolute atomic E-state index is 4.45. The highest BCUT2D eigenvalue weighted by Gasteiger charge is 2.15. The monoisotopic (exact) mass is 222 g/mol. The Morgan fingerprint density at radius 1 is 1.56 bits per heavy atom. The standard InChI is InChI=1S/C12H22N4/c1-3-10(2)15-11-8-14-16(9-11)12-4-6-13-7-5-12/h8-10,12-13,15H,3-7H2,1-2H3. The minimum atomic E-state index is 0.519. The Morgan fingerprint density at radius 3 is 3.00 bits per heavy atom. The maximum Gasteiger partial charge on any atom is 0.0728 e. The third-order valence-electron chi connectivity index (χ3n) is 3.31. The van der Waals surface area contributed by atoms with Gasteiger partial charge in [-0.15, -0.1) is 0 Å². The van der Waals surface area contributed by atoms with E-state index in [2.05, 4.69) is 40.5 Å². The SMILES string of the molecule is CCC(C)Nc1cnn(C2CCNCC2)c1. The van der Waals surface area contributed by atoms with E-state index in [0.29, 0.717) is 12.1 Å². The van der Waals surface area contributed by atoms with Crippen molar-refractivity contribution in [3.63, 3.8) is 0 Å². The summed E-state index contributed by atoms with van der Waals surface area (Å²) in [7, 11) is 0. The molecule has 2 rings (SSSR count). The van der Waals surface area contributed by atoms with E-state index in [4.69, 9.17) is 0 Å². The van der Waals surface area contributed by atoms with Crippen molar-refractivity contribution >= 4 is 5.69 Å². The number of aromatic nitrogens is 2. The first-order valence-corrected chi connectivity index (χ1v) is 6.31. The lowest BCUT2D eigenvalue weighted by molar-refractivity contribution is 0.343. The molecule has 0 bridgehead atoms. The van der Waals surface area contributed by atoms with Gasteiger partial charge in [0.2, 0.25) is 0 Å². The molecule has 0 aliphatic carbocycles. The van der Waals surface area contributed by atoms with Crippen molar-refractivity contribution in [2.45, 2.75) is 45.2 Å². The Morgan fingerprint density at radius 2 is 2.31 bits per heavy atom. The van der Waals surface area contributed by atoms with E-state index in [9.17, 15) is 0 Å². The third-order valence-corrected chi connectivity index (χ3v) is 3.31. The van der Waals surface area contributed by atoms with E-state index in [-0.39, 0.29) is 0 Å². The number of piperidine rings is 1. The van der Waals surface area contributed by atoms with Gasteiger partial charge < -0.3 is 10.6 Å². The second-order valence-corrected chi connectivity index (χ2v) is 4.64. The quantitative estimate of drug-likeness (QED) is 0.819. The van der Waals surface area contributed by atoms with E-state index >= 15 is 0 Å². The summed E-state index contributed by atoms with van der Waals surface area (Å²) in [6.07, 6.45) is 7.59. The van der Waals surface area contributed by atoms with Crippen LogP contribution in [0.25, 0.3) is 0 Å². The fourth-order valence-corrected chi connectivity index (χ4v) is 2.07. The van der Waals surface area contributed by atoms with Crippen molar-refractivity contribution in [1.82, 2.24) is 15.1 Å². The molecule has 1 aromatic heterocycles. The molecule has 1 aromatic rings. The Labute approximate surface area is 97.4 Å². The number of rotatable bonds is 4. The van der Waals surface area contributed by atoms with Crippen LogP contribution in [0.2, 0.25) is 0 Å². The molecule has 90 valence electrons. The maximum atomic E-state index is 4.45. The largest absolute Gasteiger partial charge is 0.380 e. The Bertz CT molecular complexity index is 315. The summed E-state index contributed by atoms with van der Waals surface area (Å²) in [5.74, 6) is 0. The Hall–Kier alpha value is -1.03. The summed E-state index contributed by atoms with van der Waals surface area (Å²) in [5, 5.41) is 11.3. The fraction of sp³-hybridized carbons (Fsp3) is 0.750. The average Bonchev–Trinajstić information content (AvgIpc) is 2.78. The molecule has 1 unspecified atom stereocenters. The molecule has 0 amide bonds. The molecular formula is C12H22N4. The van der Waals surface area contributed by atoms with Crippen LogP contribution in [0.3, 0.4) is 0 Å². The van der Waals surface area contributed by atoms with Gasteiger partial charge in [-0.05, 0) is 39.3 Å². The second-order valence-electron chi connectivity index (χ2n) is 4.64. The van der Waals surface area contributed by atoms with Crippen molar-refractivity contribution in [2.24, 2.45) is 0 Å². The molecule has 2 N–H and O–H groups in total. The van der Waals surface area contributed by atoms with Gasteiger partial charge in [0.25, 0.3) is 0 Å². The molecule has 1 atom stereocenters. The topological polar surface area (TPSA) is 41.9 Å². The van der Waals surface area contributed by atoms with Crippen molar-refractivity contribution in [2.75, 3.05) is 18.4 Å². The highest BCUT2D eigenvalue weighted by atomic mass is 15.3. The minimum Gasteiger partial charge on any atom is -0.380 e. The van der Waals surface area contributed by atoms with Gasteiger partial charge in [0.05, 0.1) is 17.9 Å². The van der Waals surface area contributed by atoms with E-state index in [0.717, 1.165) is 25.2 Å². The zero-order valence-corrected chi connectivity index (χ0v) is 10.2. The lowest BCUT2D eigenvalue weighted by Gasteiger charge is -2.22. The molecule has 2 heterocycles. The summed E-state index contributed by atoms with van der Waals surface area (Å²) in [6, 6.07) is 1.10. The molecule has 0 spiro atoms. The number of nitrogens with one attached hydrogen (secondary N) is 2. The van der Waals surface area contributed by atoms with Gasteiger partial charge in [-0.25, -0.2) is 0 Å². The van der Waals surface area contributed by atoms with E-state index in [1.807, 2.05) is 6.20 Å². The van der Waals surface area contributed by atoms with Crippen LogP contribution in [0.15, 0.2) is 12.4 Å². The molecule has 16 heavy (non-hydrogen) atoms. The molecular weight excluding hydrogens is 200 g/mol. The van der Waals surface area contributed by atoms with Gasteiger partial charge in [-0.2, -0.15) is 5.10 Å². The van der Waals surface area contributed by atoms with Crippen LogP contribution >= 0.6 is 0 Å². The smallest absolute Gasteiger partial charge is 0.0728 e. The van der Waals surface area contributed by atoms with Gasteiger partial charge in [0.1, 0.15) is 0 Å². The van der Waals surface area contributed by atoms with Crippen LogP contribution in [-0.2, 0) is 0 Å². The van der Waals surface area contributed by atoms with E-state index in [1.54, 1.807) is 0 Å². The van der Waals surface area contributed by atoms with Gasteiger partial charge in [0, 0.05) is 12.2 Å². The zero-order valence-electron chi connectivity index (χ0n) is 10.2. The summed E-state index contributed by atoms with van der Waals surface area (Å²) in [5.41, 5.74) is 1.15. The van der Waals surface area contributed by atoms with Crippen LogP contribution in [0.4, 0.5) is 5.69 Å². The normalized spacial score (nSPS) is 19.6. The van der Waals surface area contributed by atoms with Crippen molar-refractivity contribution in [3.05, 3.63) is 12.4 Å². The molecule has 1 aliphatic heterocycles. The predicted octanol–water partition coefficient (Wildman–Crippen LogP) is 2.02. The lowest BCUT2D eigenvalue weighted by atomic mass is 10.1. The van der Waals surface area contributed by atoms with Crippen LogP contribution in [-0.4, -0.2) is 28.9 Å². The van der Waals surface area contributed by atoms with E-state index in [1.165, 1.54) is 12.8 Å². The molecule has 1 fully saturated rings. The molecule has 1 saturated heterocycles. The zero-order chi connectivity index (χ0) is 11.4. The first kappa shape index (κ1) is 11.5. The number of anilines is 1. The third kappa shape index (κ3) is 2.76. The van der Waals surface area contributed by atoms with Crippen molar-refractivity contribution < 1.29 is 0 Å². The Kier molecular flexibility index (Phi) is 3.83. The molecule has 0 saturated carbocycles. The number of nitrogens with zero attached hydrogens (tertiary/aromatic N) is 2. The number of hydrogen-bond acceptors (Lipinski definition) is 3. The Balaban J connectivity index is 1.95. The first-order valence-electron chi connectivity index (χ1n) is 6.31. The first-order chi connectivity index (χ1) is 7.79. The fourth-order valence-electron chi connectivity index (χ4n) is 2.07. The lowest BCUT2D eigenvalue weighted by Crippen LogP contribution is -2.29. The van der Waals surface area contributed by atoms with E-state index < -0.39 is 0 Å². The number of hydrogen-bond donors (Lipinski definition) is 2. The van der Waals surface area contributed by atoms with Crippen LogP contribution in [0.5, 0.6) is 0 Å². The predicted molar refractivity (Wildman–Crippen MR) is 66.7 cm³/mol. The highest BCUT2D eigenvalue weighted by molar-refractivity contribution is 5.39. The van der Waals surface area contributed by atoms with Gasteiger partial charge in [-0.1, -0.05) is 6.92 Å². The van der Waals surface area contributed by atoms with Gasteiger partial charge in [-0.3, -0.25) is 4.68 Å². The van der Waals surface area contributed by atoms with Crippen LogP contribution in [0, 0.1) is 0 Å². The average molecular weight is 222 g/mol.